The van der Waals surface area contributed by atoms with E-state index in [-0.39, 0.29) is 24.4 Å². The van der Waals surface area contributed by atoms with Crippen LogP contribution in [0.25, 0.3) is 0 Å². The van der Waals surface area contributed by atoms with Crippen LogP contribution in [0.15, 0.2) is 30.3 Å². The lowest BCUT2D eigenvalue weighted by molar-refractivity contribution is -0.123. The van der Waals surface area contributed by atoms with Crippen molar-refractivity contribution in [3.8, 4) is 0 Å². The molecule has 1 aromatic rings. The van der Waals surface area contributed by atoms with E-state index < -0.39 is 6.04 Å². The summed E-state index contributed by atoms with van der Waals surface area (Å²) in [7, 11) is 0. The summed E-state index contributed by atoms with van der Waals surface area (Å²) in [5.41, 5.74) is 6.96. The Morgan fingerprint density at radius 2 is 1.86 bits per heavy atom. The fourth-order valence-electron chi connectivity index (χ4n) is 1.93. The number of nitrogens with one attached hydrogen (secondary N) is 1. The molecule has 0 radical (unpaired) electrons. The van der Waals surface area contributed by atoms with Gasteiger partial charge in [-0.05, 0) is 24.8 Å². The normalized spacial score (nSPS) is 13.4. The van der Waals surface area contributed by atoms with Gasteiger partial charge in [0.2, 0.25) is 5.91 Å². The third-order valence-electron chi connectivity index (χ3n) is 2.93. The molecular formula is C16H27ClN2O2. The molecule has 0 heterocycles. The molecule has 2 atom stereocenters. The Balaban J connectivity index is 0.00000400. The van der Waals surface area contributed by atoms with Crippen molar-refractivity contribution in [1.82, 2.24) is 5.32 Å². The van der Waals surface area contributed by atoms with Crippen LogP contribution < -0.4 is 11.1 Å². The number of amides is 1. The molecule has 0 aromatic heterocycles. The number of carbonyl (C=O) groups excluding carboxylic acids is 1. The molecule has 1 aromatic carbocycles. The van der Waals surface area contributed by atoms with Crippen LogP contribution in [-0.4, -0.2) is 24.6 Å². The lowest BCUT2D eigenvalue weighted by Crippen LogP contribution is -2.46. The number of nitrogens with two attached hydrogens (primary N) is 1. The lowest BCUT2D eigenvalue weighted by Gasteiger charge is -2.18. The average molecular weight is 315 g/mol. The van der Waals surface area contributed by atoms with Gasteiger partial charge >= 0.3 is 0 Å². The van der Waals surface area contributed by atoms with E-state index in [0.29, 0.717) is 25.6 Å². The number of rotatable bonds is 8. The average Bonchev–Trinajstić information content (AvgIpc) is 2.39. The Hall–Kier alpha value is -1.10. The SMILES string of the molecule is CC(C)C[C@H](N)C(=O)NC(C)COCc1ccccc1.Cl. The number of carbonyl (C=O) groups is 1. The molecule has 21 heavy (non-hydrogen) atoms. The van der Waals surface area contributed by atoms with Crippen LogP contribution in [0.5, 0.6) is 0 Å². The van der Waals surface area contributed by atoms with Crippen LogP contribution >= 0.6 is 12.4 Å². The van der Waals surface area contributed by atoms with Crippen LogP contribution in [0.2, 0.25) is 0 Å². The first-order valence-corrected chi connectivity index (χ1v) is 7.16. The van der Waals surface area contributed by atoms with E-state index in [1.165, 1.54) is 0 Å². The molecule has 0 aliphatic carbocycles. The summed E-state index contributed by atoms with van der Waals surface area (Å²) < 4.78 is 5.59. The van der Waals surface area contributed by atoms with Gasteiger partial charge in [-0.2, -0.15) is 0 Å². The van der Waals surface area contributed by atoms with Crippen molar-refractivity contribution in [3.63, 3.8) is 0 Å². The molecule has 1 unspecified atom stereocenters. The smallest absolute Gasteiger partial charge is 0.237 e. The monoisotopic (exact) mass is 314 g/mol. The van der Waals surface area contributed by atoms with E-state index in [1.807, 2.05) is 37.3 Å². The maximum absolute atomic E-state index is 11.8. The Bertz CT molecular complexity index is 399. The maximum Gasteiger partial charge on any atom is 0.237 e. The van der Waals surface area contributed by atoms with E-state index in [0.717, 1.165) is 5.56 Å². The van der Waals surface area contributed by atoms with Crippen molar-refractivity contribution < 1.29 is 9.53 Å². The second-order valence-electron chi connectivity index (χ2n) is 5.65. The first kappa shape index (κ1) is 19.9. The summed E-state index contributed by atoms with van der Waals surface area (Å²) in [6.45, 7) is 7.07. The third kappa shape index (κ3) is 8.71. The van der Waals surface area contributed by atoms with Crippen molar-refractivity contribution in [1.29, 1.82) is 0 Å². The van der Waals surface area contributed by atoms with Gasteiger partial charge in [-0.25, -0.2) is 0 Å². The van der Waals surface area contributed by atoms with Gasteiger partial charge in [-0.3, -0.25) is 4.79 Å². The van der Waals surface area contributed by atoms with Gasteiger partial charge in [0.15, 0.2) is 0 Å². The first-order chi connectivity index (χ1) is 9.49. The molecule has 0 fully saturated rings. The molecule has 3 N–H and O–H groups in total. The van der Waals surface area contributed by atoms with E-state index in [1.54, 1.807) is 0 Å². The molecule has 1 rings (SSSR count). The van der Waals surface area contributed by atoms with Crippen molar-refractivity contribution in [2.24, 2.45) is 11.7 Å². The zero-order valence-electron chi connectivity index (χ0n) is 13.0. The minimum atomic E-state index is -0.438. The van der Waals surface area contributed by atoms with Crippen LogP contribution in [0.4, 0.5) is 0 Å². The van der Waals surface area contributed by atoms with Crippen LogP contribution in [0, 0.1) is 5.92 Å². The first-order valence-electron chi connectivity index (χ1n) is 7.16. The standard InChI is InChI=1S/C16H26N2O2.ClH/c1-12(2)9-15(17)16(19)18-13(3)10-20-11-14-7-5-4-6-8-14;/h4-8,12-13,15H,9-11,17H2,1-3H3,(H,18,19);1H/t13?,15-;/m0./s1. The summed E-state index contributed by atoms with van der Waals surface area (Å²) in [6.07, 6.45) is 0.698. The van der Waals surface area contributed by atoms with E-state index >= 15 is 0 Å². The molecule has 0 saturated heterocycles. The number of halogens is 1. The highest BCUT2D eigenvalue weighted by Gasteiger charge is 2.16. The van der Waals surface area contributed by atoms with Crippen LogP contribution in [-0.2, 0) is 16.1 Å². The molecule has 0 aliphatic rings. The van der Waals surface area contributed by atoms with E-state index in [9.17, 15) is 4.79 Å². The topological polar surface area (TPSA) is 64.4 Å². The Morgan fingerprint density at radius 3 is 2.43 bits per heavy atom. The largest absolute Gasteiger partial charge is 0.375 e. The summed E-state index contributed by atoms with van der Waals surface area (Å²) in [5.74, 6) is 0.315. The number of ether oxygens (including phenoxy) is 1. The van der Waals surface area contributed by atoms with Gasteiger partial charge in [0.25, 0.3) is 0 Å². The molecular weight excluding hydrogens is 288 g/mol. The Labute approximate surface area is 133 Å². The fraction of sp³-hybridized carbons (Fsp3) is 0.562. The van der Waals surface area contributed by atoms with Crippen molar-refractivity contribution >= 4 is 18.3 Å². The van der Waals surface area contributed by atoms with Gasteiger partial charge in [-0.15, -0.1) is 12.4 Å². The van der Waals surface area contributed by atoms with Gasteiger partial charge in [0.1, 0.15) is 0 Å². The summed E-state index contributed by atoms with van der Waals surface area (Å²) in [6, 6.07) is 9.49. The van der Waals surface area contributed by atoms with E-state index in [4.69, 9.17) is 10.5 Å². The quantitative estimate of drug-likeness (QED) is 0.775. The minimum absolute atomic E-state index is 0. The van der Waals surface area contributed by atoms with Gasteiger partial charge < -0.3 is 15.8 Å². The highest BCUT2D eigenvalue weighted by Crippen LogP contribution is 2.04. The zero-order chi connectivity index (χ0) is 15.0. The predicted molar refractivity (Wildman–Crippen MR) is 88.4 cm³/mol. The Kier molecular flexibility index (Phi) is 10.0. The minimum Gasteiger partial charge on any atom is -0.375 e. The van der Waals surface area contributed by atoms with Crippen molar-refractivity contribution in [2.75, 3.05) is 6.61 Å². The van der Waals surface area contributed by atoms with E-state index in [2.05, 4.69) is 19.2 Å². The second kappa shape index (κ2) is 10.6. The third-order valence-corrected chi connectivity index (χ3v) is 2.93. The molecule has 0 saturated carbocycles. The number of hydrogen-bond acceptors (Lipinski definition) is 3. The number of benzene rings is 1. The lowest BCUT2D eigenvalue weighted by atomic mass is 10.0. The summed E-state index contributed by atoms with van der Waals surface area (Å²) in [4.78, 5) is 11.8. The maximum atomic E-state index is 11.8. The number of hydrogen-bond donors (Lipinski definition) is 2. The van der Waals surface area contributed by atoms with Crippen molar-refractivity contribution in [3.05, 3.63) is 35.9 Å². The van der Waals surface area contributed by atoms with Crippen molar-refractivity contribution in [2.45, 2.75) is 45.9 Å². The molecule has 0 aliphatic heterocycles. The molecule has 5 heteroatoms. The molecule has 1 amide bonds. The van der Waals surface area contributed by atoms with Crippen LogP contribution in [0.3, 0.4) is 0 Å². The zero-order valence-corrected chi connectivity index (χ0v) is 13.9. The second-order valence-corrected chi connectivity index (χ2v) is 5.65. The molecule has 4 nitrogen and oxygen atoms in total. The van der Waals surface area contributed by atoms with Gasteiger partial charge in [0.05, 0.1) is 19.3 Å². The predicted octanol–water partition coefficient (Wildman–Crippen LogP) is 2.50. The fourth-order valence-corrected chi connectivity index (χ4v) is 1.93. The Morgan fingerprint density at radius 1 is 1.24 bits per heavy atom. The molecule has 0 spiro atoms. The molecule has 0 bridgehead atoms. The van der Waals surface area contributed by atoms with Gasteiger partial charge in [-0.1, -0.05) is 44.2 Å². The highest BCUT2D eigenvalue weighted by molar-refractivity contribution is 5.85. The van der Waals surface area contributed by atoms with Crippen LogP contribution in [0.1, 0.15) is 32.8 Å². The molecule has 120 valence electrons. The summed E-state index contributed by atoms with van der Waals surface area (Å²) >= 11 is 0. The summed E-state index contributed by atoms with van der Waals surface area (Å²) in [5, 5.41) is 2.88. The van der Waals surface area contributed by atoms with Gasteiger partial charge in [0, 0.05) is 6.04 Å². The highest BCUT2D eigenvalue weighted by atomic mass is 35.5.